The Morgan fingerprint density at radius 3 is 2.70 bits per heavy atom. The van der Waals surface area contributed by atoms with Gasteiger partial charge in [-0.2, -0.15) is 0 Å². The molecule has 1 aliphatic rings. The van der Waals surface area contributed by atoms with Gasteiger partial charge in [0.1, 0.15) is 0 Å². The van der Waals surface area contributed by atoms with Crippen LogP contribution in [0.25, 0.3) is 0 Å². The molecule has 1 aliphatic carbocycles. The van der Waals surface area contributed by atoms with Gasteiger partial charge in [0.15, 0.2) is 0 Å². The second kappa shape index (κ2) is 6.61. The molecule has 1 atom stereocenters. The van der Waals surface area contributed by atoms with Gasteiger partial charge in [-0.3, -0.25) is 0 Å². The van der Waals surface area contributed by atoms with E-state index < -0.39 is 0 Å². The monoisotopic (exact) mass is 369 g/mol. The van der Waals surface area contributed by atoms with Crippen molar-refractivity contribution in [2.24, 2.45) is 0 Å². The summed E-state index contributed by atoms with van der Waals surface area (Å²) >= 11 is 11.4. The minimum absolute atomic E-state index is 0.487. The van der Waals surface area contributed by atoms with Crippen LogP contribution in [0.4, 0.5) is 0 Å². The number of benzene rings is 1. The van der Waals surface area contributed by atoms with E-state index in [0.29, 0.717) is 5.92 Å². The Morgan fingerprint density at radius 1 is 1.25 bits per heavy atom. The number of halogens is 2. The van der Waals surface area contributed by atoms with Gasteiger partial charge in [0.05, 0.1) is 4.34 Å². The van der Waals surface area contributed by atoms with Crippen LogP contribution in [0.3, 0.4) is 0 Å². The molecule has 3 rings (SSSR count). The quantitative estimate of drug-likeness (QED) is 0.733. The molecule has 0 spiro atoms. The standard InChI is InChI=1S/C16H17BrClNS/c17-15-4-2-1-3-14(15)11(10-19-12-5-6-12)9-13-7-8-16(18)20-13/h1-4,7-8,11-12,19H,5-6,9-10H2. The highest BCUT2D eigenvalue weighted by molar-refractivity contribution is 9.10. The first-order valence-electron chi connectivity index (χ1n) is 6.94. The van der Waals surface area contributed by atoms with Crippen molar-refractivity contribution in [1.82, 2.24) is 5.32 Å². The largest absolute Gasteiger partial charge is 0.313 e. The molecule has 0 aliphatic heterocycles. The van der Waals surface area contributed by atoms with Gasteiger partial charge in [-0.15, -0.1) is 11.3 Å². The van der Waals surface area contributed by atoms with Crippen LogP contribution in [0.15, 0.2) is 40.9 Å². The molecule has 0 radical (unpaired) electrons. The van der Waals surface area contributed by atoms with E-state index in [9.17, 15) is 0 Å². The molecule has 1 unspecified atom stereocenters. The molecule has 1 N–H and O–H groups in total. The molecule has 1 aromatic carbocycles. The van der Waals surface area contributed by atoms with E-state index in [0.717, 1.165) is 23.3 Å². The first-order chi connectivity index (χ1) is 9.72. The number of hydrogen-bond acceptors (Lipinski definition) is 2. The highest BCUT2D eigenvalue weighted by Gasteiger charge is 2.23. The Hall–Kier alpha value is -0.350. The zero-order valence-electron chi connectivity index (χ0n) is 11.1. The normalized spacial score (nSPS) is 16.3. The molecule has 0 amide bonds. The maximum atomic E-state index is 6.05. The maximum absolute atomic E-state index is 6.05. The first-order valence-corrected chi connectivity index (χ1v) is 8.93. The van der Waals surface area contributed by atoms with Gasteiger partial charge in [-0.1, -0.05) is 45.7 Å². The topological polar surface area (TPSA) is 12.0 Å². The van der Waals surface area contributed by atoms with Gasteiger partial charge in [-0.25, -0.2) is 0 Å². The molecular weight excluding hydrogens is 354 g/mol. The summed E-state index contributed by atoms with van der Waals surface area (Å²) in [7, 11) is 0. The Balaban J connectivity index is 1.77. The van der Waals surface area contributed by atoms with Crippen LogP contribution >= 0.6 is 38.9 Å². The lowest BCUT2D eigenvalue weighted by Gasteiger charge is -2.19. The molecule has 0 bridgehead atoms. The van der Waals surface area contributed by atoms with E-state index in [1.807, 2.05) is 6.07 Å². The summed E-state index contributed by atoms with van der Waals surface area (Å²) in [5.74, 6) is 0.487. The first kappa shape index (κ1) is 14.6. The molecule has 1 nitrogen and oxygen atoms in total. The minimum atomic E-state index is 0.487. The lowest BCUT2D eigenvalue weighted by Crippen LogP contribution is -2.24. The second-order valence-corrected chi connectivity index (χ2v) is 7.96. The van der Waals surface area contributed by atoms with Gasteiger partial charge in [0.25, 0.3) is 0 Å². The van der Waals surface area contributed by atoms with E-state index in [2.05, 4.69) is 51.6 Å². The third kappa shape index (κ3) is 3.85. The Morgan fingerprint density at radius 2 is 2.05 bits per heavy atom. The highest BCUT2D eigenvalue weighted by Crippen LogP contribution is 2.31. The van der Waals surface area contributed by atoms with Crippen molar-refractivity contribution in [1.29, 1.82) is 0 Å². The van der Waals surface area contributed by atoms with Crippen molar-refractivity contribution in [3.05, 3.63) is 55.6 Å². The van der Waals surface area contributed by atoms with E-state index >= 15 is 0 Å². The number of nitrogens with one attached hydrogen (secondary N) is 1. The second-order valence-electron chi connectivity index (χ2n) is 5.31. The fraction of sp³-hybridized carbons (Fsp3) is 0.375. The Bertz CT molecular complexity index is 579. The molecule has 20 heavy (non-hydrogen) atoms. The Labute approximate surface area is 137 Å². The lowest BCUT2D eigenvalue weighted by molar-refractivity contribution is 0.578. The summed E-state index contributed by atoms with van der Waals surface area (Å²) in [4.78, 5) is 1.35. The molecule has 0 saturated heterocycles. The van der Waals surface area contributed by atoms with Gasteiger partial charge in [0.2, 0.25) is 0 Å². The predicted octanol–water partition coefficient (Wildman–Crippen LogP) is 5.24. The van der Waals surface area contributed by atoms with Crippen molar-refractivity contribution in [3.63, 3.8) is 0 Å². The van der Waals surface area contributed by atoms with Gasteiger partial charge in [0, 0.05) is 27.9 Å². The fourth-order valence-corrected chi connectivity index (χ4v) is 4.17. The molecule has 1 fully saturated rings. The van der Waals surface area contributed by atoms with Crippen LogP contribution in [0.1, 0.15) is 29.2 Å². The van der Waals surface area contributed by atoms with Gasteiger partial charge < -0.3 is 5.32 Å². The zero-order chi connectivity index (χ0) is 13.9. The summed E-state index contributed by atoms with van der Waals surface area (Å²) in [6.07, 6.45) is 3.70. The number of thiophene rings is 1. The van der Waals surface area contributed by atoms with Crippen molar-refractivity contribution in [3.8, 4) is 0 Å². The van der Waals surface area contributed by atoms with E-state index in [-0.39, 0.29) is 0 Å². The summed E-state index contributed by atoms with van der Waals surface area (Å²) in [5.41, 5.74) is 1.38. The summed E-state index contributed by atoms with van der Waals surface area (Å²) < 4.78 is 2.08. The average molecular weight is 371 g/mol. The van der Waals surface area contributed by atoms with E-state index in [4.69, 9.17) is 11.6 Å². The number of rotatable bonds is 6. The summed E-state index contributed by atoms with van der Waals surface area (Å²) in [6, 6.07) is 13.4. The number of hydrogen-bond donors (Lipinski definition) is 1. The molecule has 2 aromatic rings. The predicted molar refractivity (Wildman–Crippen MR) is 90.9 cm³/mol. The van der Waals surface area contributed by atoms with E-state index in [1.54, 1.807) is 11.3 Å². The smallest absolute Gasteiger partial charge is 0.0931 e. The van der Waals surface area contributed by atoms with Gasteiger partial charge in [-0.05, 0) is 43.0 Å². The lowest BCUT2D eigenvalue weighted by atomic mass is 9.95. The fourth-order valence-electron chi connectivity index (χ4n) is 2.40. The van der Waals surface area contributed by atoms with Crippen LogP contribution in [-0.2, 0) is 6.42 Å². The molecule has 1 saturated carbocycles. The van der Waals surface area contributed by atoms with Crippen LogP contribution in [0, 0.1) is 0 Å². The van der Waals surface area contributed by atoms with Crippen molar-refractivity contribution >= 4 is 38.9 Å². The van der Waals surface area contributed by atoms with E-state index in [1.165, 1.54) is 27.8 Å². The van der Waals surface area contributed by atoms with Gasteiger partial charge >= 0.3 is 0 Å². The molecule has 106 valence electrons. The SMILES string of the molecule is Clc1ccc(CC(CNC2CC2)c2ccccc2Br)s1. The van der Waals surface area contributed by atoms with Crippen molar-refractivity contribution < 1.29 is 0 Å². The van der Waals surface area contributed by atoms with Crippen LogP contribution in [0.2, 0.25) is 4.34 Å². The maximum Gasteiger partial charge on any atom is 0.0931 e. The van der Waals surface area contributed by atoms with Crippen molar-refractivity contribution in [2.75, 3.05) is 6.54 Å². The molecule has 1 aromatic heterocycles. The third-order valence-corrected chi connectivity index (χ3v) is 5.63. The molecule has 1 heterocycles. The van der Waals surface area contributed by atoms with Crippen molar-refractivity contribution in [2.45, 2.75) is 31.2 Å². The average Bonchev–Trinajstić information content (AvgIpc) is 3.18. The molecular formula is C16H17BrClNS. The summed E-state index contributed by atoms with van der Waals surface area (Å²) in [6.45, 7) is 1.03. The van der Waals surface area contributed by atoms with Crippen LogP contribution in [-0.4, -0.2) is 12.6 Å². The third-order valence-electron chi connectivity index (χ3n) is 3.65. The zero-order valence-corrected chi connectivity index (χ0v) is 14.3. The van der Waals surface area contributed by atoms with Crippen LogP contribution in [0.5, 0.6) is 0 Å². The Kier molecular flexibility index (Phi) is 4.82. The van der Waals surface area contributed by atoms with Crippen LogP contribution < -0.4 is 5.32 Å². The highest BCUT2D eigenvalue weighted by atomic mass is 79.9. The summed E-state index contributed by atoms with van der Waals surface area (Å²) in [5, 5.41) is 3.66. The minimum Gasteiger partial charge on any atom is -0.313 e. The molecule has 4 heteroatoms.